The number of carbonyl (C=O) groups is 1. The molecular formula is C17H12Cl2N4O4. The number of hydrogen-bond acceptors (Lipinski definition) is 6. The fourth-order valence-corrected chi connectivity index (χ4v) is 2.40. The number of hydrogen-bond donors (Lipinski definition) is 2. The third-order valence-electron chi connectivity index (χ3n) is 3.31. The minimum atomic E-state index is -0.785. The Morgan fingerprint density at radius 3 is 2.59 bits per heavy atom. The van der Waals surface area contributed by atoms with Gasteiger partial charge in [-0.15, -0.1) is 0 Å². The first-order valence-corrected chi connectivity index (χ1v) is 8.07. The van der Waals surface area contributed by atoms with Crippen LogP contribution in [0.1, 0.15) is 0 Å². The van der Waals surface area contributed by atoms with Crippen LogP contribution in [0.2, 0.25) is 10.0 Å². The molecule has 0 fully saturated rings. The molecular weight excluding hydrogens is 395 g/mol. The quantitative estimate of drug-likeness (QED) is 0.318. The molecule has 0 aliphatic carbocycles. The van der Waals surface area contributed by atoms with E-state index in [9.17, 15) is 20.2 Å². The molecule has 8 nitrogen and oxygen atoms in total. The Morgan fingerprint density at radius 2 is 2.00 bits per heavy atom. The molecule has 1 amide bonds. The summed E-state index contributed by atoms with van der Waals surface area (Å²) >= 11 is 11.9. The highest BCUT2D eigenvalue weighted by atomic mass is 35.5. The Kier molecular flexibility index (Phi) is 6.60. The first-order valence-electron chi connectivity index (χ1n) is 7.31. The third kappa shape index (κ3) is 5.10. The molecule has 0 radical (unpaired) electrons. The topological polar surface area (TPSA) is 117 Å². The summed E-state index contributed by atoms with van der Waals surface area (Å²) < 4.78 is 5.04. The number of benzene rings is 2. The highest BCUT2D eigenvalue weighted by molar-refractivity contribution is 6.34. The molecule has 0 aliphatic heterocycles. The van der Waals surface area contributed by atoms with Gasteiger partial charge in [0, 0.05) is 24.0 Å². The molecule has 138 valence electrons. The van der Waals surface area contributed by atoms with E-state index in [1.807, 2.05) is 0 Å². The van der Waals surface area contributed by atoms with Crippen molar-refractivity contribution in [1.82, 2.24) is 0 Å². The van der Waals surface area contributed by atoms with Gasteiger partial charge in [-0.25, -0.2) is 0 Å². The van der Waals surface area contributed by atoms with Gasteiger partial charge in [0.15, 0.2) is 0 Å². The highest BCUT2D eigenvalue weighted by Crippen LogP contribution is 2.28. The fraction of sp³-hybridized carbons (Fsp3) is 0.0588. The number of nitrogens with zero attached hydrogens (tertiary/aromatic N) is 2. The van der Waals surface area contributed by atoms with Gasteiger partial charge in [0.2, 0.25) is 0 Å². The Labute approximate surface area is 164 Å². The number of nitro groups is 1. The van der Waals surface area contributed by atoms with Crippen molar-refractivity contribution in [1.29, 1.82) is 5.26 Å². The number of carbonyl (C=O) groups excluding carboxylic acids is 1. The van der Waals surface area contributed by atoms with Crippen LogP contribution in [0.4, 0.5) is 17.1 Å². The maximum Gasteiger partial charge on any atom is 0.271 e. The predicted molar refractivity (Wildman–Crippen MR) is 102 cm³/mol. The van der Waals surface area contributed by atoms with Gasteiger partial charge in [-0.3, -0.25) is 14.9 Å². The van der Waals surface area contributed by atoms with Crippen LogP contribution in [0.25, 0.3) is 0 Å². The van der Waals surface area contributed by atoms with E-state index in [1.165, 1.54) is 25.4 Å². The number of rotatable bonds is 6. The molecule has 2 aromatic rings. The van der Waals surface area contributed by atoms with Crippen molar-refractivity contribution in [2.45, 2.75) is 0 Å². The number of nitrogens with one attached hydrogen (secondary N) is 2. The first-order chi connectivity index (χ1) is 12.8. The molecule has 0 bridgehead atoms. The molecule has 2 aromatic carbocycles. The van der Waals surface area contributed by atoms with Crippen LogP contribution in [0.3, 0.4) is 0 Å². The van der Waals surface area contributed by atoms with E-state index in [0.29, 0.717) is 16.5 Å². The zero-order chi connectivity index (χ0) is 20.0. The van der Waals surface area contributed by atoms with Crippen molar-refractivity contribution >= 4 is 46.2 Å². The van der Waals surface area contributed by atoms with Crippen molar-refractivity contribution < 1.29 is 14.5 Å². The van der Waals surface area contributed by atoms with Gasteiger partial charge in [-0.05, 0) is 24.3 Å². The number of nitro benzene ring substituents is 1. The molecule has 0 spiro atoms. The van der Waals surface area contributed by atoms with Gasteiger partial charge < -0.3 is 15.4 Å². The first kappa shape index (κ1) is 20.0. The van der Waals surface area contributed by atoms with E-state index in [2.05, 4.69) is 10.6 Å². The van der Waals surface area contributed by atoms with Crippen molar-refractivity contribution in [3.8, 4) is 11.8 Å². The number of amides is 1. The van der Waals surface area contributed by atoms with Crippen LogP contribution in [-0.4, -0.2) is 17.9 Å². The van der Waals surface area contributed by atoms with E-state index in [1.54, 1.807) is 24.3 Å². The molecule has 2 N–H and O–H groups in total. The molecule has 2 rings (SSSR count). The van der Waals surface area contributed by atoms with E-state index in [-0.39, 0.29) is 22.0 Å². The SMILES string of the molecule is COc1ccc(N/C=C(/C#N)C(=O)Nc2cc([N+](=O)[O-])ccc2Cl)cc1Cl. The van der Waals surface area contributed by atoms with Crippen LogP contribution < -0.4 is 15.4 Å². The van der Waals surface area contributed by atoms with E-state index >= 15 is 0 Å². The summed E-state index contributed by atoms with van der Waals surface area (Å²) in [4.78, 5) is 22.5. The summed E-state index contributed by atoms with van der Waals surface area (Å²) in [6.45, 7) is 0. The Balaban J connectivity index is 2.17. The molecule has 27 heavy (non-hydrogen) atoms. The van der Waals surface area contributed by atoms with Crippen LogP contribution in [0.5, 0.6) is 5.75 Å². The van der Waals surface area contributed by atoms with E-state index in [4.69, 9.17) is 27.9 Å². The zero-order valence-corrected chi connectivity index (χ0v) is 15.3. The molecule has 0 aliphatic rings. The average Bonchev–Trinajstić information content (AvgIpc) is 2.64. The largest absolute Gasteiger partial charge is 0.495 e. The lowest BCUT2D eigenvalue weighted by molar-refractivity contribution is -0.384. The van der Waals surface area contributed by atoms with E-state index < -0.39 is 10.8 Å². The van der Waals surface area contributed by atoms with Gasteiger partial charge in [0.25, 0.3) is 11.6 Å². The Bertz CT molecular complexity index is 970. The van der Waals surface area contributed by atoms with Crippen molar-refractivity contribution in [3.05, 3.63) is 68.3 Å². The second kappa shape index (κ2) is 8.89. The van der Waals surface area contributed by atoms with Crippen molar-refractivity contribution in [2.24, 2.45) is 0 Å². The second-order valence-corrected chi connectivity index (χ2v) is 5.85. The number of methoxy groups -OCH3 is 1. The molecule has 0 aromatic heterocycles. The maximum absolute atomic E-state index is 12.2. The normalized spacial score (nSPS) is 10.7. The molecule has 10 heteroatoms. The molecule has 0 unspecified atom stereocenters. The van der Waals surface area contributed by atoms with Gasteiger partial charge >= 0.3 is 0 Å². The lowest BCUT2D eigenvalue weighted by atomic mass is 10.2. The fourth-order valence-electron chi connectivity index (χ4n) is 1.97. The molecule has 0 atom stereocenters. The predicted octanol–water partition coefficient (Wildman–Crippen LogP) is 4.37. The summed E-state index contributed by atoms with van der Waals surface area (Å²) in [5, 5.41) is 25.6. The number of halogens is 2. The van der Waals surface area contributed by atoms with Crippen LogP contribution >= 0.6 is 23.2 Å². The summed E-state index contributed by atoms with van der Waals surface area (Å²) in [5.74, 6) is -0.309. The minimum absolute atomic E-state index is 0.0181. The monoisotopic (exact) mass is 406 g/mol. The average molecular weight is 407 g/mol. The highest BCUT2D eigenvalue weighted by Gasteiger charge is 2.15. The van der Waals surface area contributed by atoms with Crippen LogP contribution in [0.15, 0.2) is 48.2 Å². The summed E-state index contributed by atoms with van der Waals surface area (Å²) in [6.07, 6.45) is 1.18. The molecule has 0 saturated heterocycles. The van der Waals surface area contributed by atoms with Crippen LogP contribution in [-0.2, 0) is 4.79 Å². The summed E-state index contributed by atoms with van der Waals surface area (Å²) in [5.41, 5.74) is 0.0203. The zero-order valence-electron chi connectivity index (χ0n) is 13.8. The number of nitriles is 1. The smallest absolute Gasteiger partial charge is 0.271 e. The lowest BCUT2D eigenvalue weighted by Gasteiger charge is -2.08. The minimum Gasteiger partial charge on any atom is -0.495 e. The third-order valence-corrected chi connectivity index (χ3v) is 3.93. The Hall–Kier alpha value is -3.28. The number of anilines is 2. The number of non-ortho nitro benzene ring substituents is 1. The standard InChI is InChI=1S/C17H12Cl2N4O4/c1-27-16-5-2-11(6-14(16)19)21-9-10(8-20)17(24)22-15-7-12(23(25)26)3-4-13(15)18/h2-7,9,21H,1H3,(H,22,24)/b10-9-. The summed E-state index contributed by atoms with van der Waals surface area (Å²) in [6, 6.07) is 10.1. The van der Waals surface area contributed by atoms with Crippen molar-refractivity contribution in [2.75, 3.05) is 17.7 Å². The Morgan fingerprint density at radius 1 is 1.26 bits per heavy atom. The maximum atomic E-state index is 12.2. The molecule has 0 heterocycles. The molecule has 0 saturated carbocycles. The van der Waals surface area contributed by atoms with Gasteiger partial charge in [-0.2, -0.15) is 5.26 Å². The van der Waals surface area contributed by atoms with Crippen LogP contribution in [0, 0.1) is 21.4 Å². The van der Waals surface area contributed by atoms with Gasteiger partial charge in [0.1, 0.15) is 17.4 Å². The van der Waals surface area contributed by atoms with Gasteiger partial charge in [-0.1, -0.05) is 23.2 Å². The van der Waals surface area contributed by atoms with Gasteiger partial charge in [0.05, 0.1) is 27.8 Å². The van der Waals surface area contributed by atoms with E-state index in [0.717, 1.165) is 6.07 Å². The summed E-state index contributed by atoms with van der Waals surface area (Å²) in [7, 11) is 1.48. The number of ether oxygens (including phenoxy) is 1. The lowest BCUT2D eigenvalue weighted by Crippen LogP contribution is -2.15. The second-order valence-electron chi connectivity index (χ2n) is 5.04. The van der Waals surface area contributed by atoms with Crippen molar-refractivity contribution in [3.63, 3.8) is 0 Å².